The van der Waals surface area contributed by atoms with Crippen molar-refractivity contribution >= 4 is 0 Å². The number of rotatable bonds is 4. The lowest BCUT2D eigenvalue weighted by Gasteiger charge is -1.99. The highest BCUT2D eigenvalue weighted by Crippen LogP contribution is 2.13. The SMILES string of the molecule is CCCCCc1[nH]cc(C)c1C. The molecule has 0 aliphatic heterocycles. The predicted octanol–water partition coefficient (Wildman–Crippen LogP) is 3.36. The summed E-state index contributed by atoms with van der Waals surface area (Å²) in [5, 5.41) is 0. The Hall–Kier alpha value is -0.720. The Morgan fingerprint density at radius 2 is 2.00 bits per heavy atom. The average molecular weight is 165 g/mol. The second-order valence-electron chi connectivity index (χ2n) is 3.53. The normalized spacial score (nSPS) is 10.6. The van der Waals surface area contributed by atoms with Gasteiger partial charge in [-0.1, -0.05) is 19.8 Å². The smallest absolute Gasteiger partial charge is 0.0179 e. The van der Waals surface area contributed by atoms with Gasteiger partial charge in [0.15, 0.2) is 0 Å². The van der Waals surface area contributed by atoms with Gasteiger partial charge >= 0.3 is 0 Å². The van der Waals surface area contributed by atoms with Crippen LogP contribution in [-0.4, -0.2) is 4.98 Å². The summed E-state index contributed by atoms with van der Waals surface area (Å²) in [7, 11) is 0. The summed E-state index contributed by atoms with van der Waals surface area (Å²) in [6.45, 7) is 6.61. The van der Waals surface area contributed by atoms with Crippen LogP contribution in [0.4, 0.5) is 0 Å². The minimum atomic E-state index is 1.22. The third-order valence-corrected chi connectivity index (χ3v) is 2.54. The number of aromatic nitrogens is 1. The quantitative estimate of drug-likeness (QED) is 0.658. The topological polar surface area (TPSA) is 15.8 Å². The van der Waals surface area contributed by atoms with E-state index >= 15 is 0 Å². The first-order valence-corrected chi connectivity index (χ1v) is 4.89. The first-order valence-electron chi connectivity index (χ1n) is 4.89. The van der Waals surface area contributed by atoms with Gasteiger partial charge in [0.25, 0.3) is 0 Å². The van der Waals surface area contributed by atoms with Crippen LogP contribution < -0.4 is 0 Å². The summed E-state index contributed by atoms with van der Waals surface area (Å²) >= 11 is 0. The number of hydrogen-bond donors (Lipinski definition) is 1. The molecule has 0 aliphatic carbocycles. The first kappa shape index (κ1) is 9.37. The van der Waals surface area contributed by atoms with Gasteiger partial charge in [0.1, 0.15) is 0 Å². The second-order valence-corrected chi connectivity index (χ2v) is 3.53. The van der Waals surface area contributed by atoms with Crippen LogP contribution in [0.1, 0.15) is 43.0 Å². The summed E-state index contributed by atoms with van der Waals surface area (Å²) in [6.07, 6.45) is 7.29. The molecule has 1 heterocycles. The second kappa shape index (κ2) is 4.34. The van der Waals surface area contributed by atoms with E-state index in [0.29, 0.717) is 0 Å². The van der Waals surface area contributed by atoms with Crippen LogP contribution in [-0.2, 0) is 6.42 Å². The van der Waals surface area contributed by atoms with Gasteiger partial charge < -0.3 is 4.98 Å². The molecule has 1 aromatic rings. The Bertz CT molecular complexity index is 235. The molecule has 0 bridgehead atoms. The molecule has 0 spiro atoms. The number of aromatic amines is 1. The standard InChI is InChI=1S/C11H19N/c1-4-5-6-7-11-10(3)9(2)8-12-11/h8,12H,4-7H2,1-3H3. The third kappa shape index (κ3) is 2.13. The Kier molecular flexibility index (Phi) is 3.39. The van der Waals surface area contributed by atoms with E-state index in [4.69, 9.17) is 0 Å². The van der Waals surface area contributed by atoms with E-state index in [-0.39, 0.29) is 0 Å². The van der Waals surface area contributed by atoms with E-state index < -0.39 is 0 Å². The molecule has 1 heteroatoms. The minimum Gasteiger partial charge on any atom is -0.365 e. The molecule has 0 saturated heterocycles. The van der Waals surface area contributed by atoms with Crippen molar-refractivity contribution < 1.29 is 0 Å². The maximum atomic E-state index is 3.33. The number of hydrogen-bond acceptors (Lipinski definition) is 0. The fraction of sp³-hybridized carbons (Fsp3) is 0.636. The van der Waals surface area contributed by atoms with E-state index in [0.717, 1.165) is 0 Å². The number of H-pyrrole nitrogens is 1. The van der Waals surface area contributed by atoms with Crippen LogP contribution in [0.15, 0.2) is 6.20 Å². The molecule has 12 heavy (non-hydrogen) atoms. The molecule has 0 radical (unpaired) electrons. The van der Waals surface area contributed by atoms with Crippen LogP contribution >= 0.6 is 0 Å². The van der Waals surface area contributed by atoms with E-state index in [1.54, 1.807) is 0 Å². The number of unbranched alkanes of at least 4 members (excludes halogenated alkanes) is 2. The van der Waals surface area contributed by atoms with Gasteiger partial charge in [0.2, 0.25) is 0 Å². The molecule has 0 saturated carbocycles. The number of nitrogens with one attached hydrogen (secondary N) is 1. The lowest BCUT2D eigenvalue weighted by molar-refractivity contribution is 0.707. The molecule has 0 aromatic carbocycles. The number of aryl methyl sites for hydroxylation is 2. The van der Waals surface area contributed by atoms with Crippen LogP contribution in [0.5, 0.6) is 0 Å². The lowest BCUT2D eigenvalue weighted by Crippen LogP contribution is -1.88. The van der Waals surface area contributed by atoms with Crippen molar-refractivity contribution in [1.82, 2.24) is 4.98 Å². The fourth-order valence-electron chi connectivity index (χ4n) is 1.46. The third-order valence-electron chi connectivity index (χ3n) is 2.54. The Morgan fingerprint density at radius 3 is 2.50 bits per heavy atom. The van der Waals surface area contributed by atoms with Crippen molar-refractivity contribution in [2.24, 2.45) is 0 Å². The molecule has 0 fully saturated rings. The van der Waals surface area contributed by atoms with Crippen molar-refractivity contribution in [1.29, 1.82) is 0 Å². The van der Waals surface area contributed by atoms with Crippen LogP contribution in [0.2, 0.25) is 0 Å². The van der Waals surface area contributed by atoms with Gasteiger partial charge in [-0.15, -0.1) is 0 Å². The van der Waals surface area contributed by atoms with Gasteiger partial charge in [-0.25, -0.2) is 0 Å². The van der Waals surface area contributed by atoms with Crippen LogP contribution in [0, 0.1) is 13.8 Å². The first-order chi connectivity index (χ1) is 5.75. The van der Waals surface area contributed by atoms with Gasteiger partial charge in [0, 0.05) is 11.9 Å². The van der Waals surface area contributed by atoms with Crippen molar-refractivity contribution in [3.63, 3.8) is 0 Å². The Morgan fingerprint density at radius 1 is 1.25 bits per heavy atom. The van der Waals surface area contributed by atoms with Crippen molar-refractivity contribution in [3.05, 3.63) is 23.0 Å². The lowest BCUT2D eigenvalue weighted by atomic mass is 10.1. The molecule has 1 N–H and O–H groups in total. The van der Waals surface area contributed by atoms with Crippen molar-refractivity contribution in [3.8, 4) is 0 Å². The molecule has 1 nitrogen and oxygen atoms in total. The molecular formula is C11H19N. The minimum absolute atomic E-state index is 1.22. The molecule has 0 atom stereocenters. The fourth-order valence-corrected chi connectivity index (χ4v) is 1.46. The van der Waals surface area contributed by atoms with Crippen molar-refractivity contribution in [2.75, 3.05) is 0 Å². The highest BCUT2D eigenvalue weighted by Gasteiger charge is 2.01. The monoisotopic (exact) mass is 165 g/mol. The molecule has 0 unspecified atom stereocenters. The summed E-state index contributed by atoms with van der Waals surface area (Å²) in [5.74, 6) is 0. The molecule has 1 aromatic heterocycles. The van der Waals surface area contributed by atoms with Gasteiger partial charge in [-0.2, -0.15) is 0 Å². The molecule has 1 rings (SSSR count). The molecule has 0 aliphatic rings. The molecule has 68 valence electrons. The summed E-state index contributed by atoms with van der Waals surface area (Å²) in [4.78, 5) is 3.33. The zero-order valence-electron chi connectivity index (χ0n) is 8.41. The highest BCUT2D eigenvalue weighted by molar-refractivity contribution is 5.28. The zero-order valence-corrected chi connectivity index (χ0v) is 8.41. The zero-order chi connectivity index (χ0) is 8.97. The van der Waals surface area contributed by atoms with E-state index in [2.05, 4.69) is 32.0 Å². The van der Waals surface area contributed by atoms with E-state index in [9.17, 15) is 0 Å². The van der Waals surface area contributed by atoms with E-state index in [1.165, 1.54) is 42.5 Å². The molecular weight excluding hydrogens is 146 g/mol. The van der Waals surface area contributed by atoms with Gasteiger partial charge in [-0.3, -0.25) is 0 Å². The van der Waals surface area contributed by atoms with Crippen molar-refractivity contribution in [2.45, 2.75) is 46.5 Å². The van der Waals surface area contributed by atoms with E-state index in [1.807, 2.05) is 0 Å². The largest absolute Gasteiger partial charge is 0.365 e. The van der Waals surface area contributed by atoms with Crippen LogP contribution in [0.3, 0.4) is 0 Å². The maximum absolute atomic E-state index is 3.33. The maximum Gasteiger partial charge on any atom is 0.0179 e. The summed E-state index contributed by atoms with van der Waals surface area (Å²) in [5.41, 5.74) is 4.27. The predicted molar refractivity (Wildman–Crippen MR) is 53.5 cm³/mol. The Labute approximate surface area is 75.2 Å². The van der Waals surface area contributed by atoms with Gasteiger partial charge in [0.05, 0.1) is 0 Å². The highest BCUT2D eigenvalue weighted by atomic mass is 14.7. The van der Waals surface area contributed by atoms with Gasteiger partial charge in [-0.05, 0) is 37.8 Å². The van der Waals surface area contributed by atoms with Crippen LogP contribution in [0.25, 0.3) is 0 Å². The summed E-state index contributed by atoms with van der Waals surface area (Å²) in [6, 6.07) is 0. The molecule has 0 amide bonds. The average Bonchev–Trinajstić information content (AvgIpc) is 2.36. The summed E-state index contributed by atoms with van der Waals surface area (Å²) < 4.78 is 0. The Balaban J connectivity index is 2.46.